The molecular formula is C14H24N4O. The molecular weight excluding hydrogens is 240 g/mol. The molecule has 106 valence electrons. The van der Waals surface area contributed by atoms with Gasteiger partial charge in [0.05, 0.1) is 11.3 Å². The predicted molar refractivity (Wildman–Crippen MR) is 75.1 cm³/mol. The standard InChI is InChI=1S/C14H24N4O/c1-5-12-11(9-17(4)16-12)14(19)18-7-6-13(15-3)10(2)8-18/h9-10,13,15H,5-8H2,1-4H3. The Morgan fingerprint density at radius 2 is 2.32 bits per heavy atom. The van der Waals surface area contributed by atoms with Gasteiger partial charge in [0.25, 0.3) is 5.91 Å². The molecule has 2 unspecified atom stereocenters. The van der Waals surface area contributed by atoms with Crippen LogP contribution in [0.3, 0.4) is 0 Å². The zero-order valence-corrected chi connectivity index (χ0v) is 12.3. The number of nitrogens with zero attached hydrogens (tertiary/aromatic N) is 3. The number of likely N-dealkylation sites (tertiary alicyclic amines) is 1. The maximum Gasteiger partial charge on any atom is 0.257 e. The molecule has 19 heavy (non-hydrogen) atoms. The Hall–Kier alpha value is -1.36. The minimum atomic E-state index is 0.131. The lowest BCUT2D eigenvalue weighted by atomic mass is 9.93. The average Bonchev–Trinajstić information content (AvgIpc) is 2.79. The Labute approximate surface area is 115 Å². The minimum Gasteiger partial charge on any atom is -0.338 e. The van der Waals surface area contributed by atoms with E-state index in [4.69, 9.17) is 0 Å². The topological polar surface area (TPSA) is 50.2 Å². The minimum absolute atomic E-state index is 0.131. The molecule has 1 aromatic heterocycles. The van der Waals surface area contributed by atoms with Crippen molar-refractivity contribution in [1.82, 2.24) is 20.0 Å². The van der Waals surface area contributed by atoms with Crippen molar-refractivity contribution in [3.63, 3.8) is 0 Å². The molecule has 2 atom stereocenters. The highest BCUT2D eigenvalue weighted by atomic mass is 16.2. The molecule has 0 bridgehead atoms. The smallest absolute Gasteiger partial charge is 0.257 e. The van der Waals surface area contributed by atoms with Gasteiger partial charge in [0.15, 0.2) is 0 Å². The number of hydrogen-bond acceptors (Lipinski definition) is 3. The monoisotopic (exact) mass is 264 g/mol. The van der Waals surface area contributed by atoms with Crippen LogP contribution in [0, 0.1) is 5.92 Å². The Kier molecular flexibility index (Phi) is 4.24. The van der Waals surface area contributed by atoms with Gasteiger partial charge in [-0.25, -0.2) is 0 Å². The van der Waals surface area contributed by atoms with Crippen molar-refractivity contribution >= 4 is 5.91 Å². The molecule has 1 saturated heterocycles. The summed E-state index contributed by atoms with van der Waals surface area (Å²) in [6, 6.07) is 0.517. The van der Waals surface area contributed by atoms with Gasteiger partial charge in [-0.2, -0.15) is 5.10 Å². The molecule has 0 saturated carbocycles. The summed E-state index contributed by atoms with van der Waals surface area (Å²) in [6.07, 6.45) is 3.66. The summed E-state index contributed by atoms with van der Waals surface area (Å²) in [5.41, 5.74) is 1.66. The predicted octanol–water partition coefficient (Wildman–Crippen LogP) is 1.05. The van der Waals surface area contributed by atoms with Crippen LogP contribution in [-0.2, 0) is 13.5 Å². The van der Waals surface area contributed by atoms with E-state index >= 15 is 0 Å². The van der Waals surface area contributed by atoms with Gasteiger partial charge in [-0.15, -0.1) is 0 Å². The summed E-state index contributed by atoms with van der Waals surface area (Å²) in [4.78, 5) is 14.6. The van der Waals surface area contributed by atoms with Crippen molar-refractivity contribution in [2.45, 2.75) is 32.7 Å². The third-order valence-corrected chi connectivity index (χ3v) is 4.03. The second-order valence-electron chi connectivity index (χ2n) is 5.43. The van der Waals surface area contributed by atoms with Crippen LogP contribution in [0.5, 0.6) is 0 Å². The molecule has 0 radical (unpaired) electrons. The second-order valence-corrected chi connectivity index (χ2v) is 5.43. The third-order valence-electron chi connectivity index (χ3n) is 4.03. The van der Waals surface area contributed by atoms with Crippen LogP contribution in [0.1, 0.15) is 36.3 Å². The molecule has 2 heterocycles. The first-order valence-electron chi connectivity index (χ1n) is 7.05. The molecule has 0 aliphatic carbocycles. The molecule has 1 N–H and O–H groups in total. The van der Waals surface area contributed by atoms with Crippen molar-refractivity contribution in [2.24, 2.45) is 13.0 Å². The summed E-state index contributed by atoms with van der Waals surface area (Å²) in [5, 5.41) is 7.68. The average molecular weight is 264 g/mol. The van der Waals surface area contributed by atoms with Crippen molar-refractivity contribution in [3.8, 4) is 0 Å². The van der Waals surface area contributed by atoms with Gasteiger partial charge in [-0.05, 0) is 25.8 Å². The number of amides is 1. The summed E-state index contributed by atoms with van der Waals surface area (Å²) >= 11 is 0. The van der Waals surface area contributed by atoms with Crippen LogP contribution in [-0.4, -0.2) is 46.8 Å². The van der Waals surface area contributed by atoms with Crippen LogP contribution in [0.25, 0.3) is 0 Å². The number of carbonyl (C=O) groups excluding carboxylic acids is 1. The number of aryl methyl sites for hydroxylation is 2. The van der Waals surface area contributed by atoms with Crippen LogP contribution in [0.4, 0.5) is 0 Å². The molecule has 5 nitrogen and oxygen atoms in total. The Balaban J connectivity index is 2.12. The fraction of sp³-hybridized carbons (Fsp3) is 0.714. The zero-order valence-electron chi connectivity index (χ0n) is 12.3. The van der Waals surface area contributed by atoms with E-state index in [0.29, 0.717) is 12.0 Å². The lowest BCUT2D eigenvalue weighted by molar-refractivity contribution is 0.0648. The number of rotatable bonds is 3. The Morgan fingerprint density at radius 1 is 1.58 bits per heavy atom. The van der Waals surface area contributed by atoms with Crippen molar-refractivity contribution < 1.29 is 4.79 Å². The Morgan fingerprint density at radius 3 is 2.89 bits per heavy atom. The highest BCUT2D eigenvalue weighted by Crippen LogP contribution is 2.20. The van der Waals surface area contributed by atoms with Crippen LogP contribution < -0.4 is 5.32 Å². The van der Waals surface area contributed by atoms with Gasteiger partial charge in [-0.3, -0.25) is 9.48 Å². The maximum atomic E-state index is 12.6. The first-order valence-corrected chi connectivity index (χ1v) is 7.05. The fourth-order valence-electron chi connectivity index (χ4n) is 2.90. The number of carbonyl (C=O) groups is 1. The molecule has 2 rings (SSSR count). The molecule has 5 heteroatoms. The van der Waals surface area contributed by atoms with Crippen molar-refractivity contribution in [3.05, 3.63) is 17.5 Å². The molecule has 1 fully saturated rings. The van der Waals surface area contributed by atoms with E-state index in [2.05, 4.69) is 17.3 Å². The van der Waals surface area contributed by atoms with Crippen LogP contribution >= 0.6 is 0 Å². The van der Waals surface area contributed by atoms with Crippen molar-refractivity contribution in [1.29, 1.82) is 0 Å². The molecule has 0 aromatic carbocycles. The van der Waals surface area contributed by atoms with E-state index in [1.165, 1.54) is 0 Å². The molecule has 1 aliphatic rings. The summed E-state index contributed by atoms with van der Waals surface area (Å²) in [6.45, 7) is 5.88. The van der Waals surface area contributed by atoms with Gasteiger partial charge in [0.1, 0.15) is 0 Å². The Bertz CT molecular complexity index is 454. The lowest BCUT2D eigenvalue weighted by Crippen LogP contribution is -2.49. The van der Waals surface area contributed by atoms with Crippen molar-refractivity contribution in [2.75, 3.05) is 20.1 Å². The zero-order chi connectivity index (χ0) is 14.0. The molecule has 1 aliphatic heterocycles. The SMILES string of the molecule is CCc1nn(C)cc1C(=O)N1CCC(NC)C(C)C1. The van der Waals surface area contributed by atoms with E-state index in [1.807, 2.05) is 32.1 Å². The number of nitrogens with one attached hydrogen (secondary N) is 1. The van der Waals surface area contributed by atoms with Crippen LogP contribution in [0.15, 0.2) is 6.20 Å². The fourth-order valence-corrected chi connectivity index (χ4v) is 2.90. The quantitative estimate of drug-likeness (QED) is 0.888. The van der Waals surface area contributed by atoms with E-state index < -0.39 is 0 Å². The van der Waals surface area contributed by atoms with Gasteiger partial charge in [-0.1, -0.05) is 13.8 Å². The molecule has 1 amide bonds. The number of aromatic nitrogens is 2. The third kappa shape index (κ3) is 2.81. The second kappa shape index (κ2) is 5.74. The molecule has 0 spiro atoms. The summed E-state index contributed by atoms with van der Waals surface area (Å²) in [5.74, 6) is 0.621. The van der Waals surface area contributed by atoms with Crippen LogP contribution in [0.2, 0.25) is 0 Å². The number of hydrogen-bond donors (Lipinski definition) is 1. The maximum absolute atomic E-state index is 12.6. The normalized spacial score (nSPS) is 23.7. The summed E-state index contributed by atoms with van der Waals surface area (Å²) in [7, 11) is 3.86. The van der Waals surface area contributed by atoms with Gasteiger partial charge >= 0.3 is 0 Å². The van der Waals surface area contributed by atoms with Gasteiger partial charge in [0, 0.05) is 32.4 Å². The van der Waals surface area contributed by atoms with E-state index in [9.17, 15) is 4.79 Å². The van der Waals surface area contributed by atoms with E-state index in [-0.39, 0.29) is 5.91 Å². The van der Waals surface area contributed by atoms with E-state index in [1.54, 1.807) is 4.68 Å². The first kappa shape index (κ1) is 14.1. The van der Waals surface area contributed by atoms with Gasteiger partial charge < -0.3 is 10.2 Å². The lowest BCUT2D eigenvalue weighted by Gasteiger charge is -2.36. The van der Waals surface area contributed by atoms with Gasteiger partial charge in [0.2, 0.25) is 0 Å². The largest absolute Gasteiger partial charge is 0.338 e. The summed E-state index contributed by atoms with van der Waals surface area (Å²) < 4.78 is 1.73. The molecule has 1 aromatic rings. The first-order chi connectivity index (χ1) is 9.06. The van der Waals surface area contributed by atoms with E-state index in [0.717, 1.165) is 37.2 Å². The highest BCUT2D eigenvalue weighted by molar-refractivity contribution is 5.95. The number of piperidine rings is 1. The highest BCUT2D eigenvalue weighted by Gasteiger charge is 2.29.